The van der Waals surface area contributed by atoms with Crippen molar-refractivity contribution < 1.29 is 0 Å². The van der Waals surface area contributed by atoms with E-state index in [1.807, 2.05) is 11.3 Å². The van der Waals surface area contributed by atoms with Crippen LogP contribution >= 0.6 is 11.3 Å². The van der Waals surface area contributed by atoms with Crippen molar-refractivity contribution in [1.29, 1.82) is 0 Å². The van der Waals surface area contributed by atoms with Crippen molar-refractivity contribution in [2.24, 2.45) is 5.73 Å². The van der Waals surface area contributed by atoms with Crippen LogP contribution in [0.2, 0.25) is 0 Å². The van der Waals surface area contributed by atoms with E-state index in [9.17, 15) is 0 Å². The highest BCUT2D eigenvalue weighted by Gasteiger charge is 2.27. The minimum atomic E-state index is 0.195. The monoisotopic (exact) mass is 257 g/mol. The van der Waals surface area contributed by atoms with E-state index in [0.29, 0.717) is 5.92 Å². The van der Waals surface area contributed by atoms with Gasteiger partial charge >= 0.3 is 0 Å². The molecule has 2 atom stereocenters. The summed E-state index contributed by atoms with van der Waals surface area (Å²) >= 11 is 1.86. The highest BCUT2D eigenvalue weighted by molar-refractivity contribution is 7.12. The van der Waals surface area contributed by atoms with Gasteiger partial charge in [0.2, 0.25) is 0 Å². The summed E-state index contributed by atoms with van der Waals surface area (Å²) in [6, 6.07) is 11.2. The molecule has 1 heterocycles. The zero-order valence-corrected chi connectivity index (χ0v) is 11.8. The van der Waals surface area contributed by atoms with Crippen molar-refractivity contribution in [3.8, 4) is 0 Å². The lowest BCUT2D eigenvalue weighted by atomic mass is 9.74. The molecule has 0 aliphatic heterocycles. The first-order valence-corrected chi connectivity index (χ1v) is 7.37. The standard InChI is InChI=1S/C16H19NS/c1-10-7-16(18-11(10)2)15(17)9-13-8-12-5-3-4-6-14(12)13/h3-7,13,15H,8-9,17H2,1-2H3. The molecule has 2 unspecified atom stereocenters. The molecule has 18 heavy (non-hydrogen) atoms. The SMILES string of the molecule is Cc1cc(C(N)CC2Cc3ccccc32)sc1C. The Morgan fingerprint density at radius 3 is 2.78 bits per heavy atom. The number of rotatable bonds is 3. The quantitative estimate of drug-likeness (QED) is 0.880. The minimum absolute atomic E-state index is 0.195. The molecule has 2 N–H and O–H groups in total. The van der Waals surface area contributed by atoms with Crippen molar-refractivity contribution >= 4 is 11.3 Å². The topological polar surface area (TPSA) is 26.0 Å². The number of fused-ring (bicyclic) bond motifs is 1. The smallest absolute Gasteiger partial charge is 0.0395 e. The molecule has 1 aromatic heterocycles. The summed E-state index contributed by atoms with van der Waals surface area (Å²) in [4.78, 5) is 2.74. The van der Waals surface area contributed by atoms with E-state index in [0.717, 1.165) is 6.42 Å². The molecule has 0 amide bonds. The zero-order valence-electron chi connectivity index (χ0n) is 10.9. The summed E-state index contributed by atoms with van der Waals surface area (Å²) in [5.41, 5.74) is 10.7. The molecule has 94 valence electrons. The number of nitrogens with two attached hydrogens (primary N) is 1. The van der Waals surface area contributed by atoms with E-state index in [2.05, 4.69) is 44.2 Å². The molecule has 3 rings (SSSR count). The van der Waals surface area contributed by atoms with Crippen molar-refractivity contribution in [2.75, 3.05) is 0 Å². The first-order valence-electron chi connectivity index (χ1n) is 6.55. The van der Waals surface area contributed by atoms with Crippen molar-refractivity contribution in [1.82, 2.24) is 0 Å². The summed E-state index contributed by atoms with van der Waals surface area (Å²) in [5, 5.41) is 0. The van der Waals surface area contributed by atoms with Gasteiger partial charge in [0.1, 0.15) is 0 Å². The van der Waals surface area contributed by atoms with Gasteiger partial charge in [-0.25, -0.2) is 0 Å². The van der Waals surface area contributed by atoms with Crippen molar-refractivity contribution in [3.63, 3.8) is 0 Å². The van der Waals surface area contributed by atoms with Crippen LogP contribution in [0.1, 0.15) is 44.8 Å². The van der Waals surface area contributed by atoms with Gasteiger partial charge in [-0.3, -0.25) is 0 Å². The molecule has 2 heteroatoms. The van der Waals surface area contributed by atoms with Gasteiger partial charge in [-0.05, 0) is 55.4 Å². The van der Waals surface area contributed by atoms with Gasteiger partial charge in [0.25, 0.3) is 0 Å². The molecule has 0 bridgehead atoms. The van der Waals surface area contributed by atoms with Crippen molar-refractivity contribution in [2.45, 2.75) is 38.6 Å². The van der Waals surface area contributed by atoms with Gasteiger partial charge in [0.15, 0.2) is 0 Å². The summed E-state index contributed by atoms with van der Waals surface area (Å²) in [6.07, 6.45) is 2.28. The zero-order chi connectivity index (χ0) is 12.7. The lowest BCUT2D eigenvalue weighted by molar-refractivity contribution is 0.502. The normalized spacial score (nSPS) is 19.2. The Bertz CT molecular complexity index is 551. The van der Waals surface area contributed by atoms with Crippen LogP contribution in [0.3, 0.4) is 0 Å². The summed E-state index contributed by atoms with van der Waals surface area (Å²) in [7, 11) is 0. The number of aryl methyl sites for hydroxylation is 2. The van der Waals surface area contributed by atoms with E-state index in [-0.39, 0.29) is 6.04 Å². The van der Waals surface area contributed by atoms with Crippen LogP contribution in [0.15, 0.2) is 30.3 Å². The van der Waals surface area contributed by atoms with Gasteiger partial charge in [-0.1, -0.05) is 24.3 Å². The second kappa shape index (κ2) is 4.52. The van der Waals surface area contributed by atoms with Crippen LogP contribution in [-0.2, 0) is 6.42 Å². The number of hydrogen-bond acceptors (Lipinski definition) is 2. The van der Waals surface area contributed by atoms with E-state index in [1.54, 1.807) is 0 Å². The second-order valence-corrected chi connectivity index (χ2v) is 6.62. The fraction of sp³-hybridized carbons (Fsp3) is 0.375. The molecular formula is C16H19NS. The van der Waals surface area contributed by atoms with Crippen LogP contribution in [0.25, 0.3) is 0 Å². The summed E-state index contributed by atoms with van der Waals surface area (Å²) in [6.45, 7) is 4.34. The molecule has 0 saturated carbocycles. The largest absolute Gasteiger partial charge is 0.323 e. The van der Waals surface area contributed by atoms with Crippen LogP contribution in [0, 0.1) is 13.8 Å². The number of hydrogen-bond donors (Lipinski definition) is 1. The third-order valence-corrected chi connectivity index (χ3v) is 5.33. The number of benzene rings is 1. The van der Waals surface area contributed by atoms with Gasteiger partial charge in [0, 0.05) is 15.8 Å². The van der Waals surface area contributed by atoms with Gasteiger partial charge in [-0.2, -0.15) is 0 Å². The Hall–Kier alpha value is -1.12. The molecule has 0 fully saturated rings. The Balaban J connectivity index is 1.72. The Kier molecular flexibility index (Phi) is 3.00. The molecule has 0 saturated heterocycles. The predicted octanol–water partition coefficient (Wildman–Crippen LogP) is 4.09. The first-order chi connectivity index (χ1) is 8.65. The van der Waals surface area contributed by atoms with Crippen molar-refractivity contribution in [3.05, 3.63) is 56.8 Å². The molecule has 1 aliphatic carbocycles. The molecule has 1 aromatic carbocycles. The van der Waals surface area contributed by atoms with Gasteiger partial charge in [-0.15, -0.1) is 11.3 Å². The highest BCUT2D eigenvalue weighted by atomic mass is 32.1. The fourth-order valence-corrected chi connectivity index (χ4v) is 3.84. The minimum Gasteiger partial charge on any atom is -0.323 e. The van der Waals surface area contributed by atoms with Crippen LogP contribution < -0.4 is 5.73 Å². The van der Waals surface area contributed by atoms with Gasteiger partial charge < -0.3 is 5.73 Å². The fourth-order valence-electron chi connectivity index (χ4n) is 2.78. The third-order valence-electron chi connectivity index (χ3n) is 4.05. The average molecular weight is 257 g/mol. The predicted molar refractivity (Wildman–Crippen MR) is 78.2 cm³/mol. The maximum absolute atomic E-state index is 6.36. The molecule has 2 aromatic rings. The molecule has 1 nitrogen and oxygen atoms in total. The Labute approximate surface area is 113 Å². The van der Waals surface area contributed by atoms with E-state index in [4.69, 9.17) is 5.73 Å². The second-order valence-electron chi connectivity index (χ2n) is 5.33. The van der Waals surface area contributed by atoms with E-state index >= 15 is 0 Å². The molecule has 0 radical (unpaired) electrons. The van der Waals surface area contributed by atoms with E-state index < -0.39 is 0 Å². The Morgan fingerprint density at radius 2 is 2.11 bits per heavy atom. The van der Waals surface area contributed by atoms with Crippen LogP contribution in [-0.4, -0.2) is 0 Å². The Morgan fingerprint density at radius 1 is 1.33 bits per heavy atom. The summed E-state index contributed by atoms with van der Waals surface area (Å²) in [5.74, 6) is 0.666. The van der Waals surface area contributed by atoms with Crippen LogP contribution in [0.4, 0.5) is 0 Å². The first kappa shape index (κ1) is 11.9. The van der Waals surface area contributed by atoms with E-state index in [1.165, 1.54) is 32.9 Å². The lowest BCUT2D eigenvalue weighted by Gasteiger charge is -2.31. The molecule has 1 aliphatic rings. The summed E-state index contributed by atoms with van der Waals surface area (Å²) < 4.78 is 0. The maximum Gasteiger partial charge on any atom is 0.0395 e. The maximum atomic E-state index is 6.36. The lowest BCUT2D eigenvalue weighted by Crippen LogP contribution is -2.22. The third kappa shape index (κ3) is 2.00. The highest BCUT2D eigenvalue weighted by Crippen LogP contribution is 2.41. The number of thiophene rings is 1. The van der Waals surface area contributed by atoms with Gasteiger partial charge in [0.05, 0.1) is 0 Å². The molecule has 0 spiro atoms. The van der Waals surface area contributed by atoms with Crippen LogP contribution in [0.5, 0.6) is 0 Å². The molecular weight excluding hydrogens is 238 g/mol. The average Bonchev–Trinajstić information content (AvgIpc) is 2.67.